The van der Waals surface area contributed by atoms with Gasteiger partial charge < -0.3 is 19.6 Å². The summed E-state index contributed by atoms with van der Waals surface area (Å²) in [7, 11) is 0. The highest BCUT2D eigenvalue weighted by molar-refractivity contribution is 5.70. The van der Waals surface area contributed by atoms with E-state index in [1.807, 2.05) is 12.1 Å². The molecule has 2 aromatic carbocycles. The minimum Gasteiger partial charge on any atom is -0.487 e. The van der Waals surface area contributed by atoms with Crippen LogP contribution in [0, 0.1) is 0 Å². The number of hydrogen-bond donors (Lipinski definition) is 3. The number of quaternary nitrogens is 2. The molecular formula is C21H30N2O2+2. The van der Waals surface area contributed by atoms with Crippen LogP contribution in [0.5, 0.6) is 5.75 Å². The number of ether oxygens (including phenoxy) is 1. The summed E-state index contributed by atoms with van der Waals surface area (Å²) in [5.74, 6) is 0.973. The number of aliphatic hydroxyl groups excluding tert-OH is 1. The molecule has 3 N–H and O–H groups in total. The molecule has 0 atom stereocenters. The molecule has 134 valence electrons. The largest absolute Gasteiger partial charge is 0.487 e. The Labute approximate surface area is 150 Å². The molecule has 0 bridgehead atoms. The van der Waals surface area contributed by atoms with Crippen molar-refractivity contribution in [2.24, 2.45) is 0 Å². The molecule has 0 aliphatic carbocycles. The molecule has 0 radical (unpaired) electrons. The molecule has 25 heavy (non-hydrogen) atoms. The van der Waals surface area contributed by atoms with Crippen LogP contribution in [-0.4, -0.2) is 57.6 Å². The molecule has 4 nitrogen and oxygen atoms in total. The first-order chi connectivity index (χ1) is 12.4. The molecule has 0 amide bonds. The van der Waals surface area contributed by atoms with Crippen molar-refractivity contribution in [2.75, 3.05) is 52.5 Å². The standard InChI is InChI=1S/C21H28N2O2/c24-17-6-11-22-12-14-23(15-13-22)16-18-25-21-10-5-4-9-20(21)19-7-2-1-3-8-19/h1-5,7-10,24H,6,11-18H2/p+2. The van der Waals surface area contributed by atoms with Gasteiger partial charge in [0.2, 0.25) is 0 Å². The predicted molar refractivity (Wildman–Crippen MR) is 100 cm³/mol. The number of aliphatic hydroxyl groups is 1. The van der Waals surface area contributed by atoms with E-state index < -0.39 is 0 Å². The quantitative estimate of drug-likeness (QED) is 0.627. The third kappa shape index (κ3) is 5.30. The average Bonchev–Trinajstić information content (AvgIpc) is 2.68. The highest BCUT2D eigenvalue weighted by atomic mass is 16.5. The van der Waals surface area contributed by atoms with Crippen LogP contribution < -0.4 is 14.5 Å². The number of nitrogens with one attached hydrogen (secondary N) is 2. The lowest BCUT2D eigenvalue weighted by molar-refractivity contribution is -1.01. The van der Waals surface area contributed by atoms with Crippen molar-refractivity contribution in [1.82, 2.24) is 0 Å². The number of rotatable bonds is 8. The maximum Gasteiger partial charge on any atom is 0.137 e. The summed E-state index contributed by atoms with van der Waals surface area (Å²) in [6.07, 6.45) is 0.921. The fraction of sp³-hybridized carbons (Fsp3) is 0.429. The van der Waals surface area contributed by atoms with Crippen LogP contribution in [0.25, 0.3) is 11.1 Å². The van der Waals surface area contributed by atoms with Gasteiger partial charge in [0.25, 0.3) is 0 Å². The van der Waals surface area contributed by atoms with E-state index in [0.29, 0.717) is 6.61 Å². The Morgan fingerprint density at radius 3 is 2.16 bits per heavy atom. The summed E-state index contributed by atoms with van der Waals surface area (Å²) in [5.41, 5.74) is 2.36. The summed E-state index contributed by atoms with van der Waals surface area (Å²) in [5, 5.41) is 8.94. The van der Waals surface area contributed by atoms with E-state index in [-0.39, 0.29) is 0 Å². The summed E-state index contributed by atoms with van der Waals surface area (Å²) < 4.78 is 6.13. The molecule has 1 heterocycles. The second kappa shape index (κ2) is 9.56. The van der Waals surface area contributed by atoms with Crippen LogP contribution in [-0.2, 0) is 0 Å². The Balaban J connectivity index is 1.47. The van der Waals surface area contributed by atoms with E-state index in [1.54, 1.807) is 9.80 Å². The number of benzene rings is 2. The first-order valence-corrected chi connectivity index (χ1v) is 9.42. The molecule has 0 spiro atoms. The lowest BCUT2D eigenvalue weighted by Crippen LogP contribution is -3.28. The van der Waals surface area contributed by atoms with Gasteiger partial charge >= 0.3 is 0 Å². The molecule has 4 heteroatoms. The normalized spacial score (nSPS) is 20.4. The Kier molecular flexibility index (Phi) is 6.86. The fourth-order valence-electron chi connectivity index (χ4n) is 3.54. The van der Waals surface area contributed by atoms with Gasteiger partial charge in [-0.15, -0.1) is 0 Å². The SMILES string of the molecule is OCCC[NH+]1CC[NH+](CCOc2ccccc2-c2ccccc2)CC1. The lowest BCUT2D eigenvalue weighted by atomic mass is 10.1. The van der Waals surface area contributed by atoms with Gasteiger partial charge in [0.15, 0.2) is 0 Å². The number of hydrogen-bond acceptors (Lipinski definition) is 2. The van der Waals surface area contributed by atoms with Gasteiger partial charge in [0, 0.05) is 18.6 Å². The first-order valence-electron chi connectivity index (χ1n) is 9.42. The Morgan fingerprint density at radius 2 is 1.44 bits per heavy atom. The molecule has 1 saturated heterocycles. The lowest BCUT2D eigenvalue weighted by Gasteiger charge is -2.29. The maximum absolute atomic E-state index is 8.94. The zero-order chi connectivity index (χ0) is 17.3. The van der Waals surface area contributed by atoms with Crippen LogP contribution in [0.15, 0.2) is 54.6 Å². The second-order valence-electron chi connectivity index (χ2n) is 6.79. The van der Waals surface area contributed by atoms with E-state index in [4.69, 9.17) is 9.84 Å². The van der Waals surface area contributed by atoms with Crippen molar-refractivity contribution >= 4 is 0 Å². The topological polar surface area (TPSA) is 38.3 Å². The molecule has 2 aromatic rings. The molecule has 1 aliphatic rings. The summed E-state index contributed by atoms with van der Waals surface area (Å²) >= 11 is 0. The van der Waals surface area contributed by atoms with Crippen LogP contribution in [0.1, 0.15) is 6.42 Å². The monoisotopic (exact) mass is 342 g/mol. The minimum absolute atomic E-state index is 0.314. The van der Waals surface area contributed by atoms with E-state index in [9.17, 15) is 0 Å². The van der Waals surface area contributed by atoms with Crippen molar-refractivity contribution in [3.63, 3.8) is 0 Å². The van der Waals surface area contributed by atoms with Crippen molar-refractivity contribution in [3.05, 3.63) is 54.6 Å². The molecule has 0 saturated carbocycles. The first kappa shape index (κ1) is 17.9. The zero-order valence-electron chi connectivity index (χ0n) is 14.9. The van der Waals surface area contributed by atoms with E-state index >= 15 is 0 Å². The van der Waals surface area contributed by atoms with Gasteiger partial charge in [-0.25, -0.2) is 0 Å². The summed E-state index contributed by atoms with van der Waals surface area (Å²) in [6.45, 7) is 8.03. The van der Waals surface area contributed by atoms with Gasteiger partial charge in [-0.1, -0.05) is 48.5 Å². The van der Waals surface area contributed by atoms with Gasteiger partial charge in [-0.2, -0.15) is 0 Å². The molecule has 3 rings (SSSR count). The molecule has 0 unspecified atom stereocenters. The molecule has 1 aliphatic heterocycles. The average molecular weight is 342 g/mol. The molecule has 0 aromatic heterocycles. The van der Waals surface area contributed by atoms with Crippen LogP contribution in [0.3, 0.4) is 0 Å². The van der Waals surface area contributed by atoms with Gasteiger partial charge in [-0.3, -0.25) is 0 Å². The van der Waals surface area contributed by atoms with Crippen molar-refractivity contribution < 1.29 is 19.6 Å². The van der Waals surface area contributed by atoms with Crippen molar-refractivity contribution in [1.29, 1.82) is 0 Å². The maximum atomic E-state index is 8.94. The summed E-state index contributed by atoms with van der Waals surface area (Å²) in [6, 6.07) is 18.7. The third-order valence-corrected chi connectivity index (χ3v) is 5.04. The van der Waals surface area contributed by atoms with Crippen LogP contribution >= 0.6 is 0 Å². The third-order valence-electron chi connectivity index (χ3n) is 5.04. The van der Waals surface area contributed by atoms with Crippen molar-refractivity contribution in [3.8, 4) is 16.9 Å². The molecule has 1 fully saturated rings. The Hall–Kier alpha value is -1.88. The second-order valence-corrected chi connectivity index (χ2v) is 6.79. The number of para-hydroxylation sites is 1. The highest BCUT2D eigenvalue weighted by Gasteiger charge is 2.22. The minimum atomic E-state index is 0.314. The number of piperazine rings is 1. The predicted octanol–water partition coefficient (Wildman–Crippen LogP) is -0.102. The van der Waals surface area contributed by atoms with Crippen LogP contribution in [0.4, 0.5) is 0 Å². The fourth-order valence-corrected chi connectivity index (χ4v) is 3.54. The van der Waals surface area contributed by atoms with E-state index in [0.717, 1.165) is 37.4 Å². The Bertz CT molecular complexity index is 625. The van der Waals surface area contributed by atoms with Gasteiger partial charge in [0.05, 0.1) is 6.54 Å². The van der Waals surface area contributed by atoms with E-state index in [2.05, 4.69) is 42.5 Å². The van der Waals surface area contributed by atoms with Gasteiger partial charge in [0.1, 0.15) is 45.1 Å². The van der Waals surface area contributed by atoms with Crippen molar-refractivity contribution in [2.45, 2.75) is 6.42 Å². The summed E-state index contributed by atoms with van der Waals surface area (Å²) in [4.78, 5) is 3.26. The smallest absolute Gasteiger partial charge is 0.137 e. The zero-order valence-corrected chi connectivity index (χ0v) is 14.9. The Morgan fingerprint density at radius 1 is 0.800 bits per heavy atom. The highest BCUT2D eigenvalue weighted by Crippen LogP contribution is 2.29. The van der Waals surface area contributed by atoms with E-state index in [1.165, 1.54) is 31.7 Å². The van der Waals surface area contributed by atoms with Gasteiger partial charge in [-0.05, 0) is 11.6 Å². The molecular weight excluding hydrogens is 312 g/mol. The van der Waals surface area contributed by atoms with Crippen LogP contribution in [0.2, 0.25) is 0 Å².